The molecular weight excluding hydrogens is 440 g/mol. The number of methoxy groups -OCH3 is 1. The molecule has 4 heterocycles. The van der Waals surface area contributed by atoms with Crippen LogP contribution < -0.4 is 14.8 Å². The molecule has 6 rings (SSSR count). The van der Waals surface area contributed by atoms with Crippen molar-refractivity contribution in [2.45, 2.75) is 18.9 Å². The molecule has 0 bridgehead atoms. The summed E-state index contributed by atoms with van der Waals surface area (Å²) in [6.07, 6.45) is 6.26. The second-order valence-electron chi connectivity index (χ2n) is 8.51. The summed E-state index contributed by atoms with van der Waals surface area (Å²) in [6, 6.07) is 18.0. The third-order valence-corrected chi connectivity index (χ3v) is 6.25. The number of ether oxygens (including phenoxy) is 2. The number of pyridine rings is 1. The van der Waals surface area contributed by atoms with Crippen molar-refractivity contribution < 1.29 is 9.47 Å². The topological polar surface area (TPSA) is 97.8 Å². The molecular formula is C27H24N6O2. The van der Waals surface area contributed by atoms with E-state index in [0.717, 1.165) is 62.8 Å². The molecule has 0 radical (unpaired) electrons. The number of fused-ring (bicyclic) bond motifs is 2. The third-order valence-electron chi connectivity index (χ3n) is 6.25. The number of aromatic amines is 1. The van der Waals surface area contributed by atoms with Crippen LogP contribution in [0.4, 0.5) is 5.82 Å². The lowest BCUT2D eigenvalue weighted by atomic mass is 9.95. The molecule has 1 atom stereocenters. The van der Waals surface area contributed by atoms with Crippen LogP contribution in [0.15, 0.2) is 73.2 Å². The first-order valence-electron chi connectivity index (χ1n) is 11.5. The third kappa shape index (κ3) is 4.26. The van der Waals surface area contributed by atoms with Gasteiger partial charge in [-0.1, -0.05) is 12.1 Å². The van der Waals surface area contributed by atoms with E-state index in [0.29, 0.717) is 13.2 Å². The van der Waals surface area contributed by atoms with E-state index in [4.69, 9.17) is 19.4 Å². The van der Waals surface area contributed by atoms with Gasteiger partial charge in [0.05, 0.1) is 43.6 Å². The van der Waals surface area contributed by atoms with Crippen LogP contribution in [-0.4, -0.2) is 38.9 Å². The lowest BCUT2D eigenvalue weighted by Crippen LogP contribution is -2.22. The van der Waals surface area contributed by atoms with Gasteiger partial charge in [0.2, 0.25) is 0 Å². The number of nitrogens with one attached hydrogen (secondary N) is 2. The number of nitrogens with zero attached hydrogens (tertiary/aromatic N) is 4. The highest BCUT2D eigenvalue weighted by Crippen LogP contribution is 2.35. The largest absolute Gasteiger partial charge is 0.497 e. The Morgan fingerprint density at radius 2 is 2.06 bits per heavy atom. The smallest absolute Gasteiger partial charge is 0.138 e. The van der Waals surface area contributed by atoms with Crippen molar-refractivity contribution in [3.8, 4) is 22.6 Å². The van der Waals surface area contributed by atoms with Crippen molar-refractivity contribution in [3.05, 3.63) is 90.3 Å². The van der Waals surface area contributed by atoms with E-state index in [1.54, 1.807) is 13.3 Å². The highest BCUT2D eigenvalue weighted by atomic mass is 16.5. The molecule has 0 saturated heterocycles. The molecule has 8 heteroatoms. The number of anilines is 1. The Kier molecular flexibility index (Phi) is 5.46. The van der Waals surface area contributed by atoms with E-state index < -0.39 is 0 Å². The summed E-state index contributed by atoms with van der Waals surface area (Å²) in [5.74, 6) is 3.27. The van der Waals surface area contributed by atoms with Crippen LogP contribution >= 0.6 is 0 Å². The van der Waals surface area contributed by atoms with Gasteiger partial charge in [-0.05, 0) is 60.0 Å². The molecule has 1 aliphatic rings. The molecule has 35 heavy (non-hydrogen) atoms. The van der Waals surface area contributed by atoms with E-state index in [9.17, 15) is 0 Å². The van der Waals surface area contributed by atoms with Crippen LogP contribution in [0, 0.1) is 0 Å². The van der Waals surface area contributed by atoms with E-state index in [1.165, 1.54) is 0 Å². The van der Waals surface area contributed by atoms with E-state index in [-0.39, 0.29) is 5.92 Å². The van der Waals surface area contributed by atoms with Gasteiger partial charge in [0.1, 0.15) is 23.1 Å². The van der Waals surface area contributed by atoms with Crippen molar-refractivity contribution in [2.75, 3.05) is 19.0 Å². The zero-order valence-corrected chi connectivity index (χ0v) is 19.2. The van der Waals surface area contributed by atoms with Gasteiger partial charge in [0.15, 0.2) is 0 Å². The molecule has 5 aromatic rings. The highest BCUT2D eigenvalue weighted by molar-refractivity contribution is 5.92. The number of H-pyrrole nitrogens is 1. The van der Waals surface area contributed by atoms with Gasteiger partial charge < -0.3 is 14.8 Å². The summed E-state index contributed by atoms with van der Waals surface area (Å²) in [5, 5.41) is 11.4. The first kappa shape index (κ1) is 21.1. The molecule has 0 saturated carbocycles. The lowest BCUT2D eigenvalue weighted by Gasteiger charge is -2.25. The van der Waals surface area contributed by atoms with Crippen molar-refractivity contribution in [3.63, 3.8) is 0 Å². The van der Waals surface area contributed by atoms with Crippen LogP contribution in [0.5, 0.6) is 11.5 Å². The second kappa shape index (κ2) is 9.06. The van der Waals surface area contributed by atoms with Gasteiger partial charge in [0.25, 0.3) is 0 Å². The Morgan fingerprint density at radius 3 is 2.89 bits per heavy atom. The Bertz CT molecular complexity index is 1470. The molecule has 8 nitrogen and oxygen atoms in total. The number of hydrogen-bond acceptors (Lipinski definition) is 7. The predicted octanol–water partition coefficient (Wildman–Crippen LogP) is 4.75. The van der Waals surface area contributed by atoms with Crippen LogP contribution in [0.2, 0.25) is 0 Å². The Morgan fingerprint density at radius 1 is 1.09 bits per heavy atom. The first-order valence-corrected chi connectivity index (χ1v) is 11.5. The average molecular weight is 465 g/mol. The minimum absolute atomic E-state index is 0.0305. The van der Waals surface area contributed by atoms with Gasteiger partial charge in [-0.15, -0.1) is 0 Å². The molecule has 2 aromatic carbocycles. The normalized spacial score (nSPS) is 14.8. The Labute approximate surface area is 202 Å². The quantitative estimate of drug-likeness (QED) is 0.374. The fourth-order valence-corrected chi connectivity index (χ4v) is 4.39. The minimum atomic E-state index is 0.0305. The summed E-state index contributed by atoms with van der Waals surface area (Å²) in [7, 11) is 1.67. The number of hydrogen-bond donors (Lipinski definition) is 2. The van der Waals surface area contributed by atoms with Gasteiger partial charge in [0, 0.05) is 23.3 Å². The standard InChI is InChI=1S/C27H24N6O2/c1-34-22-6-8-25-18(11-22)10-19(16-35-25)26-32-24-7-5-17(20-13-30-31-14-20)12-23(24)27(33-26)29-15-21-4-2-3-9-28-21/h2-9,11-14,19H,10,15-16H2,1H3,(H,30,31)(H,29,32,33). The summed E-state index contributed by atoms with van der Waals surface area (Å²) in [5.41, 5.74) is 4.97. The van der Waals surface area contributed by atoms with E-state index in [2.05, 4.69) is 32.6 Å². The zero-order valence-electron chi connectivity index (χ0n) is 19.2. The molecule has 1 unspecified atom stereocenters. The molecule has 0 spiro atoms. The SMILES string of the molecule is COc1ccc2c(c1)CC(c1nc(NCc3ccccn3)c3cc(-c4cn[nH]c4)ccc3n1)CO2. The van der Waals surface area contributed by atoms with Crippen molar-refractivity contribution >= 4 is 16.7 Å². The Balaban J connectivity index is 1.38. The molecule has 0 amide bonds. The maximum Gasteiger partial charge on any atom is 0.138 e. The van der Waals surface area contributed by atoms with Gasteiger partial charge >= 0.3 is 0 Å². The fourth-order valence-electron chi connectivity index (χ4n) is 4.39. The average Bonchev–Trinajstić information content (AvgIpc) is 3.46. The number of aromatic nitrogens is 5. The minimum Gasteiger partial charge on any atom is -0.497 e. The monoisotopic (exact) mass is 464 g/mol. The van der Waals surface area contributed by atoms with Crippen molar-refractivity contribution in [1.82, 2.24) is 25.1 Å². The van der Waals surface area contributed by atoms with Gasteiger partial charge in [-0.25, -0.2) is 9.97 Å². The second-order valence-corrected chi connectivity index (χ2v) is 8.51. The van der Waals surface area contributed by atoms with Gasteiger partial charge in [-0.3, -0.25) is 10.1 Å². The van der Waals surface area contributed by atoms with E-state index in [1.807, 2.05) is 54.9 Å². The lowest BCUT2D eigenvalue weighted by molar-refractivity contribution is 0.257. The molecule has 0 fully saturated rings. The molecule has 2 N–H and O–H groups in total. The van der Waals surface area contributed by atoms with Crippen molar-refractivity contribution in [2.24, 2.45) is 0 Å². The highest BCUT2D eigenvalue weighted by Gasteiger charge is 2.25. The molecule has 0 aliphatic carbocycles. The van der Waals surface area contributed by atoms with Crippen LogP contribution in [0.25, 0.3) is 22.0 Å². The van der Waals surface area contributed by atoms with E-state index >= 15 is 0 Å². The maximum atomic E-state index is 6.06. The van der Waals surface area contributed by atoms with Crippen LogP contribution in [0.1, 0.15) is 23.0 Å². The fraction of sp³-hybridized carbons (Fsp3) is 0.185. The maximum absolute atomic E-state index is 6.06. The van der Waals surface area contributed by atoms with Crippen LogP contribution in [-0.2, 0) is 13.0 Å². The molecule has 3 aromatic heterocycles. The number of benzene rings is 2. The summed E-state index contributed by atoms with van der Waals surface area (Å²) >= 11 is 0. The van der Waals surface area contributed by atoms with Crippen molar-refractivity contribution in [1.29, 1.82) is 0 Å². The predicted molar refractivity (Wildman–Crippen MR) is 134 cm³/mol. The first-order chi connectivity index (χ1) is 17.3. The summed E-state index contributed by atoms with van der Waals surface area (Å²) in [6.45, 7) is 1.08. The molecule has 174 valence electrons. The zero-order chi connectivity index (χ0) is 23.6. The molecule has 1 aliphatic heterocycles. The van der Waals surface area contributed by atoms with Crippen LogP contribution in [0.3, 0.4) is 0 Å². The van der Waals surface area contributed by atoms with Gasteiger partial charge in [-0.2, -0.15) is 5.10 Å². The Hall–Kier alpha value is -4.46. The summed E-state index contributed by atoms with van der Waals surface area (Å²) < 4.78 is 11.5. The number of rotatable bonds is 6. The summed E-state index contributed by atoms with van der Waals surface area (Å²) in [4.78, 5) is 14.4.